The third-order valence-corrected chi connectivity index (χ3v) is 4.95. The normalized spacial score (nSPS) is 22.6. The predicted octanol–water partition coefficient (Wildman–Crippen LogP) is 2.90. The van der Waals surface area contributed by atoms with Crippen molar-refractivity contribution in [2.45, 2.75) is 58.5 Å². The van der Waals surface area contributed by atoms with Crippen molar-refractivity contribution in [2.75, 3.05) is 6.61 Å². The lowest BCUT2D eigenvalue weighted by molar-refractivity contribution is -0.127. The summed E-state index contributed by atoms with van der Waals surface area (Å²) >= 11 is 0. The van der Waals surface area contributed by atoms with Gasteiger partial charge in [-0.1, -0.05) is 32.0 Å². The Bertz CT molecular complexity index is 557. The van der Waals surface area contributed by atoms with Crippen molar-refractivity contribution in [1.82, 2.24) is 10.6 Å². The Morgan fingerprint density at radius 3 is 2.44 bits per heavy atom. The van der Waals surface area contributed by atoms with Gasteiger partial charge in [-0.15, -0.1) is 0 Å². The number of ether oxygens (including phenoxy) is 1. The molecule has 0 saturated heterocycles. The zero-order valence-corrected chi connectivity index (χ0v) is 15.5. The van der Waals surface area contributed by atoms with E-state index in [2.05, 4.69) is 24.5 Å². The fourth-order valence-corrected chi connectivity index (χ4v) is 3.52. The van der Waals surface area contributed by atoms with E-state index in [1.54, 1.807) is 0 Å². The molecule has 1 aromatic carbocycles. The van der Waals surface area contributed by atoms with Crippen LogP contribution in [0.5, 0.6) is 5.75 Å². The average Bonchev–Trinajstić information content (AvgIpc) is 3.00. The fourth-order valence-electron chi connectivity index (χ4n) is 3.52. The monoisotopic (exact) mass is 346 g/mol. The largest absolute Gasteiger partial charge is 0.493 e. The number of hydrogen-bond donors (Lipinski definition) is 2. The number of nitrogens with one attached hydrogen (secondary N) is 2. The summed E-state index contributed by atoms with van der Waals surface area (Å²) in [5.74, 6) is 0.872. The highest BCUT2D eigenvalue weighted by molar-refractivity contribution is 5.81. The van der Waals surface area contributed by atoms with Gasteiger partial charge in [0, 0.05) is 19.0 Å². The first kappa shape index (κ1) is 19.3. The summed E-state index contributed by atoms with van der Waals surface area (Å²) in [6.07, 6.45) is 3.35. The van der Waals surface area contributed by atoms with Crippen LogP contribution in [0, 0.1) is 11.8 Å². The highest BCUT2D eigenvalue weighted by Gasteiger charge is 2.39. The van der Waals surface area contributed by atoms with Crippen molar-refractivity contribution in [3.8, 4) is 5.75 Å². The second kappa shape index (κ2) is 9.44. The van der Waals surface area contributed by atoms with Crippen LogP contribution >= 0.6 is 0 Å². The summed E-state index contributed by atoms with van der Waals surface area (Å²) < 4.78 is 5.85. The number of amides is 2. The summed E-state index contributed by atoms with van der Waals surface area (Å²) in [6.45, 7) is 6.22. The van der Waals surface area contributed by atoms with Gasteiger partial charge in [-0.25, -0.2) is 0 Å². The van der Waals surface area contributed by atoms with Crippen LogP contribution in [-0.4, -0.2) is 30.5 Å². The Labute approximate surface area is 150 Å². The molecule has 0 aliphatic heterocycles. The molecule has 1 aromatic rings. The molecule has 0 spiro atoms. The summed E-state index contributed by atoms with van der Waals surface area (Å²) in [7, 11) is 0. The van der Waals surface area contributed by atoms with Crippen LogP contribution in [-0.2, 0) is 9.59 Å². The Kier molecular flexibility index (Phi) is 7.29. The van der Waals surface area contributed by atoms with Crippen molar-refractivity contribution in [3.05, 3.63) is 30.3 Å². The molecule has 1 fully saturated rings. The maximum atomic E-state index is 12.7. The van der Waals surface area contributed by atoms with Crippen LogP contribution in [0.2, 0.25) is 0 Å². The van der Waals surface area contributed by atoms with Crippen molar-refractivity contribution in [2.24, 2.45) is 11.8 Å². The molecule has 2 rings (SSSR count). The first-order valence-corrected chi connectivity index (χ1v) is 9.28. The summed E-state index contributed by atoms with van der Waals surface area (Å²) in [6, 6.07) is 9.77. The third kappa shape index (κ3) is 5.76. The molecule has 0 unspecified atom stereocenters. The molecule has 0 radical (unpaired) electrons. The highest BCUT2D eigenvalue weighted by Crippen LogP contribution is 2.32. The minimum absolute atomic E-state index is 0.0506. The number of para-hydroxylation sites is 1. The summed E-state index contributed by atoms with van der Waals surface area (Å²) in [5, 5.41) is 6.08. The molecule has 2 N–H and O–H groups in total. The van der Waals surface area contributed by atoms with Gasteiger partial charge in [-0.3, -0.25) is 9.59 Å². The van der Waals surface area contributed by atoms with Crippen LogP contribution in [0.15, 0.2) is 30.3 Å². The standard InChI is InChI=1S/C20H30N2O3/c1-4-16(5-2)22-20(24)18-11-15(12-19(18)21-14(3)23)13-25-17-9-7-6-8-10-17/h6-10,15-16,18-19H,4-5,11-13H2,1-3H3,(H,21,23)(H,22,24)/t15-,18-,19-/m1/s1. The van der Waals surface area contributed by atoms with Crippen molar-refractivity contribution >= 4 is 11.8 Å². The molecule has 2 amide bonds. The maximum absolute atomic E-state index is 12.7. The van der Waals surface area contributed by atoms with E-state index in [1.807, 2.05) is 30.3 Å². The van der Waals surface area contributed by atoms with Gasteiger partial charge in [0.25, 0.3) is 0 Å². The van der Waals surface area contributed by atoms with Gasteiger partial charge in [0.15, 0.2) is 0 Å². The molecule has 138 valence electrons. The van der Waals surface area contributed by atoms with Gasteiger partial charge in [0.05, 0.1) is 12.5 Å². The second-order valence-corrected chi connectivity index (χ2v) is 6.90. The van der Waals surface area contributed by atoms with Crippen LogP contribution in [0.1, 0.15) is 46.5 Å². The Hall–Kier alpha value is -2.04. The number of carbonyl (C=O) groups excluding carboxylic acids is 2. The topological polar surface area (TPSA) is 67.4 Å². The molecule has 5 nitrogen and oxygen atoms in total. The minimum atomic E-state index is -0.186. The molecular formula is C20H30N2O3. The van der Waals surface area contributed by atoms with Gasteiger partial charge in [0.1, 0.15) is 5.75 Å². The number of benzene rings is 1. The van der Waals surface area contributed by atoms with Gasteiger partial charge in [-0.2, -0.15) is 0 Å². The number of rotatable bonds is 8. The van der Waals surface area contributed by atoms with Crippen LogP contribution in [0.3, 0.4) is 0 Å². The van der Waals surface area contributed by atoms with Crippen LogP contribution in [0.4, 0.5) is 0 Å². The lowest BCUT2D eigenvalue weighted by Crippen LogP contribution is -2.45. The van der Waals surface area contributed by atoms with Crippen LogP contribution in [0.25, 0.3) is 0 Å². The average molecular weight is 346 g/mol. The highest BCUT2D eigenvalue weighted by atomic mass is 16.5. The molecule has 1 saturated carbocycles. The minimum Gasteiger partial charge on any atom is -0.493 e. The van der Waals surface area contributed by atoms with Gasteiger partial charge < -0.3 is 15.4 Å². The molecule has 0 bridgehead atoms. The summed E-state index contributed by atoms with van der Waals surface area (Å²) in [4.78, 5) is 24.2. The Morgan fingerprint density at radius 2 is 1.84 bits per heavy atom. The van der Waals surface area contributed by atoms with E-state index in [4.69, 9.17) is 4.74 Å². The first-order valence-electron chi connectivity index (χ1n) is 9.28. The van der Waals surface area contributed by atoms with Crippen molar-refractivity contribution in [3.63, 3.8) is 0 Å². The Balaban J connectivity index is 1.96. The van der Waals surface area contributed by atoms with Crippen molar-refractivity contribution < 1.29 is 14.3 Å². The van der Waals surface area contributed by atoms with Gasteiger partial charge in [0.2, 0.25) is 11.8 Å². The molecular weight excluding hydrogens is 316 g/mol. The van der Waals surface area contributed by atoms with E-state index in [0.29, 0.717) is 6.61 Å². The smallest absolute Gasteiger partial charge is 0.225 e. The van der Waals surface area contributed by atoms with E-state index in [0.717, 1.165) is 31.4 Å². The number of carbonyl (C=O) groups is 2. The summed E-state index contributed by atoms with van der Waals surface area (Å²) in [5.41, 5.74) is 0. The van der Waals surface area contributed by atoms with Crippen LogP contribution < -0.4 is 15.4 Å². The zero-order valence-electron chi connectivity index (χ0n) is 15.5. The fraction of sp³-hybridized carbons (Fsp3) is 0.600. The van der Waals surface area contributed by atoms with Gasteiger partial charge in [-0.05, 0) is 43.7 Å². The molecule has 1 aliphatic rings. The quantitative estimate of drug-likeness (QED) is 0.760. The molecule has 5 heteroatoms. The molecule has 3 atom stereocenters. The van der Waals surface area contributed by atoms with E-state index in [-0.39, 0.29) is 35.7 Å². The van der Waals surface area contributed by atoms with E-state index >= 15 is 0 Å². The Morgan fingerprint density at radius 1 is 1.16 bits per heavy atom. The van der Waals surface area contributed by atoms with Crippen molar-refractivity contribution in [1.29, 1.82) is 0 Å². The molecule has 0 heterocycles. The molecule has 1 aliphatic carbocycles. The SMILES string of the molecule is CCC(CC)NC(=O)[C@@H]1C[C@@H](COc2ccccc2)C[C@H]1NC(C)=O. The lowest BCUT2D eigenvalue weighted by atomic mass is 10.0. The van der Waals surface area contributed by atoms with E-state index < -0.39 is 0 Å². The second-order valence-electron chi connectivity index (χ2n) is 6.90. The first-order chi connectivity index (χ1) is 12.0. The predicted molar refractivity (Wildman–Crippen MR) is 98.3 cm³/mol. The molecule has 0 aromatic heterocycles. The zero-order chi connectivity index (χ0) is 18.2. The third-order valence-electron chi connectivity index (χ3n) is 4.95. The van der Waals surface area contributed by atoms with E-state index in [9.17, 15) is 9.59 Å². The maximum Gasteiger partial charge on any atom is 0.225 e. The van der Waals surface area contributed by atoms with Gasteiger partial charge >= 0.3 is 0 Å². The van der Waals surface area contributed by atoms with E-state index in [1.165, 1.54) is 6.92 Å². The number of hydrogen-bond acceptors (Lipinski definition) is 3. The lowest BCUT2D eigenvalue weighted by Gasteiger charge is -2.22. The molecule has 25 heavy (non-hydrogen) atoms.